The molecule has 3 N–H and O–H groups in total. The van der Waals surface area contributed by atoms with Crippen LogP contribution in [0.3, 0.4) is 0 Å². The summed E-state index contributed by atoms with van der Waals surface area (Å²) in [5.41, 5.74) is 5.88. The number of aryl methyl sites for hydroxylation is 1. The summed E-state index contributed by atoms with van der Waals surface area (Å²) in [7, 11) is 1.63. The maximum atomic E-state index is 13.1. The first-order chi connectivity index (χ1) is 20.3. The zero-order valence-electron chi connectivity index (χ0n) is 23.3. The van der Waals surface area contributed by atoms with Crippen molar-refractivity contribution >= 4 is 18.0 Å². The van der Waals surface area contributed by atoms with Crippen molar-refractivity contribution in [2.75, 3.05) is 6.61 Å². The van der Waals surface area contributed by atoms with Crippen LogP contribution in [0.15, 0.2) is 85.1 Å². The highest BCUT2D eigenvalue weighted by Gasteiger charge is 2.31. The molecule has 0 radical (unpaired) electrons. The number of nitrogens with one attached hydrogen (secondary N) is 2. The number of carboxylic acid groups (broad SMARTS) is 1. The number of benzene rings is 3. The number of carbonyl (C=O) groups excluding carboxylic acids is 2. The summed E-state index contributed by atoms with van der Waals surface area (Å²) < 4.78 is 12.8. The lowest BCUT2D eigenvalue weighted by molar-refractivity contribution is -0.143. The Morgan fingerprint density at radius 2 is 1.57 bits per heavy atom. The van der Waals surface area contributed by atoms with Crippen molar-refractivity contribution in [3.05, 3.63) is 113 Å². The van der Waals surface area contributed by atoms with Gasteiger partial charge in [-0.15, -0.1) is 0 Å². The van der Waals surface area contributed by atoms with E-state index in [1.807, 2.05) is 66.7 Å². The van der Waals surface area contributed by atoms with Crippen LogP contribution in [0.1, 0.15) is 45.6 Å². The van der Waals surface area contributed by atoms with E-state index in [9.17, 15) is 19.5 Å². The number of hydrogen-bond donors (Lipinski definition) is 3. The molecule has 10 heteroatoms. The van der Waals surface area contributed by atoms with E-state index in [0.717, 1.165) is 27.8 Å². The Labute approximate surface area is 243 Å². The van der Waals surface area contributed by atoms with Crippen molar-refractivity contribution in [3.63, 3.8) is 0 Å². The maximum absolute atomic E-state index is 13.1. The first-order valence-corrected chi connectivity index (χ1v) is 13.6. The molecule has 2 atom stereocenters. The van der Waals surface area contributed by atoms with Crippen molar-refractivity contribution in [3.8, 4) is 11.1 Å². The quantitative estimate of drug-likeness (QED) is 0.247. The van der Waals surface area contributed by atoms with Crippen LogP contribution in [0.5, 0.6) is 0 Å². The first kappa shape index (κ1) is 28.6. The summed E-state index contributed by atoms with van der Waals surface area (Å²) in [5, 5.41) is 19.1. The molecule has 216 valence electrons. The van der Waals surface area contributed by atoms with Crippen molar-refractivity contribution in [1.29, 1.82) is 0 Å². The van der Waals surface area contributed by atoms with Gasteiger partial charge < -0.3 is 25.2 Å². The van der Waals surface area contributed by atoms with Gasteiger partial charge in [-0.3, -0.25) is 9.48 Å². The number of carboxylic acids is 1. The van der Waals surface area contributed by atoms with Gasteiger partial charge in [-0.25, -0.2) is 9.59 Å². The molecule has 2 amide bonds. The average molecular weight is 569 g/mol. The van der Waals surface area contributed by atoms with Gasteiger partial charge in [0.1, 0.15) is 6.61 Å². The molecule has 1 heterocycles. The standard InChI is InChI=1S/C32H32N4O6/c1-20(41-18-21-10-4-3-5-11-21)29(31(38)39)35-30(37)26-16-34-36(2)28(26)17-33-32(40)42-19-27-24-14-8-6-12-22(24)23-13-7-9-15-25(23)27/h3-16,20,27,29H,17-19H2,1-2H3,(H,33,40)(H,35,37)(H,38,39). The lowest BCUT2D eigenvalue weighted by Crippen LogP contribution is -2.48. The minimum absolute atomic E-state index is 0.0479. The van der Waals surface area contributed by atoms with Crippen molar-refractivity contribution < 1.29 is 29.0 Å². The number of aromatic nitrogens is 2. The summed E-state index contributed by atoms with van der Waals surface area (Å²) in [6, 6.07) is 24.2. The molecule has 0 saturated heterocycles. The predicted molar refractivity (Wildman–Crippen MR) is 155 cm³/mol. The van der Waals surface area contributed by atoms with E-state index in [0.29, 0.717) is 5.69 Å². The molecule has 3 aromatic carbocycles. The van der Waals surface area contributed by atoms with Crippen LogP contribution in [0, 0.1) is 0 Å². The first-order valence-electron chi connectivity index (χ1n) is 13.6. The predicted octanol–water partition coefficient (Wildman–Crippen LogP) is 4.25. The second-order valence-corrected chi connectivity index (χ2v) is 10.1. The highest BCUT2D eigenvalue weighted by Crippen LogP contribution is 2.44. The van der Waals surface area contributed by atoms with Crippen LogP contribution in [0.25, 0.3) is 11.1 Å². The Bertz CT molecular complexity index is 1540. The number of ether oxygens (including phenoxy) is 2. The zero-order chi connectivity index (χ0) is 29.6. The molecule has 1 aliphatic rings. The number of fused-ring (bicyclic) bond motifs is 3. The van der Waals surface area contributed by atoms with E-state index in [4.69, 9.17) is 9.47 Å². The van der Waals surface area contributed by atoms with Gasteiger partial charge in [-0.2, -0.15) is 5.10 Å². The summed E-state index contributed by atoms with van der Waals surface area (Å²) in [4.78, 5) is 37.8. The Morgan fingerprint density at radius 3 is 2.21 bits per heavy atom. The van der Waals surface area contributed by atoms with Gasteiger partial charge in [0.15, 0.2) is 6.04 Å². The van der Waals surface area contributed by atoms with Crippen LogP contribution < -0.4 is 10.6 Å². The van der Waals surface area contributed by atoms with Crippen molar-refractivity contribution in [2.45, 2.75) is 38.1 Å². The number of carbonyl (C=O) groups is 3. The molecule has 0 saturated carbocycles. The monoisotopic (exact) mass is 568 g/mol. The molecule has 0 bridgehead atoms. The lowest BCUT2D eigenvalue weighted by Gasteiger charge is -2.22. The molecule has 1 aliphatic carbocycles. The normalized spacial score (nSPS) is 13.5. The molecular weight excluding hydrogens is 536 g/mol. The highest BCUT2D eigenvalue weighted by molar-refractivity contribution is 5.97. The van der Waals surface area contributed by atoms with E-state index in [-0.39, 0.29) is 31.2 Å². The number of rotatable bonds is 11. The molecule has 2 unspecified atom stereocenters. The van der Waals surface area contributed by atoms with Crippen LogP contribution in [-0.4, -0.2) is 51.6 Å². The third-order valence-electron chi connectivity index (χ3n) is 7.43. The van der Waals surface area contributed by atoms with Crippen LogP contribution >= 0.6 is 0 Å². The van der Waals surface area contributed by atoms with Gasteiger partial charge in [0.2, 0.25) is 0 Å². The number of amides is 2. The van der Waals surface area contributed by atoms with E-state index >= 15 is 0 Å². The third-order valence-corrected chi connectivity index (χ3v) is 7.43. The topological polar surface area (TPSA) is 132 Å². The fourth-order valence-electron chi connectivity index (χ4n) is 5.16. The lowest BCUT2D eigenvalue weighted by atomic mass is 9.98. The smallest absolute Gasteiger partial charge is 0.407 e. The molecule has 0 fully saturated rings. The summed E-state index contributed by atoms with van der Waals surface area (Å²) >= 11 is 0. The van der Waals surface area contributed by atoms with E-state index in [2.05, 4.69) is 27.9 Å². The Hall–Kier alpha value is -4.96. The molecule has 0 spiro atoms. The average Bonchev–Trinajstić information content (AvgIpc) is 3.54. The molecule has 0 aliphatic heterocycles. The summed E-state index contributed by atoms with van der Waals surface area (Å²) in [5.74, 6) is -1.96. The van der Waals surface area contributed by atoms with E-state index in [1.54, 1.807) is 14.0 Å². The number of aliphatic carboxylic acids is 1. The molecule has 42 heavy (non-hydrogen) atoms. The largest absolute Gasteiger partial charge is 0.480 e. The number of alkyl carbamates (subject to hydrolysis) is 1. The highest BCUT2D eigenvalue weighted by atomic mass is 16.5. The van der Waals surface area contributed by atoms with Gasteiger partial charge in [-0.05, 0) is 34.7 Å². The molecular formula is C32H32N4O6. The number of nitrogens with zero attached hydrogens (tertiary/aromatic N) is 2. The Kier molecular flexibility index (Phi) is 8.63. The van der Waals surface area contributed by atoms with E-state index in [1.165, 1.54) is 10.9 Å². The maximum Gasteiger partial charge on any atom is 0.407 e. The molecule has 10 nitrogen and oxygen atoms in total. The Balaban J connectivity index is 1.18. The Morgan fingerprint density at radius 1 is 0.952 bits per heavy atom. The van der Waals surface area contributed by atoms with Gasteiger partial charge >= 0.3 is 12.1 Å². The molecule has 1 aromatic heterocycles. The second kappa shape index (κ2) is 12.7. The summed E-state index contributed by atoms with van der Waals surface area (Å²) in [6.45, 7) is 1.89. The number of hydrogen-bond acceptors (Lipinski definition) is 6. The SMILES string of the molecule is CC(OCc1ccccc1)C(NC(=O)c1cnn(C)c1CNC(=O)OCC1c2ccccc2-c2ccccc21)C(=O)O. The third kappa shape index (κ3) is 6.18. The summed E-state index contributed by atoms with van der Waals surface area (Å²) in [6.07, 6.45) is -0.125. The fourth-order valence-corrected chi connectivity index (χ4v) is 5.16. The van der Waals surface area contributed by atoms with Gasteiger partial charge in [-0.1, -0.05) is 78.9 Å². The zero-order valence-corrected chi connectivity index (χ0v) is 23.3. The molecule has 4 aromatic rings. The van der Waals surface area contributed by atoms with Gasteiger partial charge in [0, 0.05) is 13.0 Å². The van der Waals surface area contributed by atoms with Crippen LogP contribution in [0.2, 0.25) is 0 Å². The van der Waals surface area contributed by atoms with E-state index < -0.39 is 30.1 Å². The van der Waals surface area contributed by atoms with Crippen LogP contribution in [0.4, 0.5) is 4.79 Å². The van der Waals surface area contributed by atoms with Gasteiger partial charge in [0.05, 0.1) is 36.7 Å². The molecule has 5 rings (SSSR count). The van der Waals surface area contributed by atoms with Crippen LogP contribution in [-0.2, 0) is 34.5 Å². The van der Waals surface area contributed by atoms with Crippen molar-refractivity contribution in [1.82, 2.24) is 20.4 Å². The van der Waals surface area contributed by atoms with Crippen molar-refractivity contribution in [2.24, 2.45) is 7.05 Å². The minimum atomic E-state index is -1.30. The minimum Gasteiger partial charge on any atom is -0.480 e. The fraction of sp³-hybridized carbons (Fsp3) is 0.250. The van der Waals surface area contributed by atoms with Gasteiger partial charge in [0.25, 0.3) is 5.91 Å². The second-order valence-electron chi connectivity index (χ2n) is 10.1.